The summed E-state index contributed by atoms with van der Waals surface area (Å²) in [5.74, 6) is 0.363. The van der Waals surface area contributed by atoms with Crippen molar-refractivity contribution in [2.45, 2.75) is 18.2 Å². The number of hydrogen-bond donors (Lipinski definition) is 0. The molecule has 4 rings (SSSR count). The standard InChI is InChI=1S/C21H20N2O3S/c1-15-3-6-20(26-2)21(13-15)27(24,25)23-12-9-18-14-17(4-5-19(18)23)16-7-10-22-11-8-16/h3-8,10-11,13-14H,9,12H2,1-2H3. The number of sulfonamides is 1. The van der Waals surface area contributed by atoms with Gasteiger partial charge in [0, 0.05) is 18.9 Å². The molecule has 6 heteroatoms. The first-order valence-electron chi connectivity index (χ1n) is 8.71. The van der Waals surface area contributed by atoms with Gasteiger partial charge < -0.3 is 4.74 Å². The highest BCUT2D eigenvalue weighted by atomic mass is 32.2. The lowest BCUT2D eigenvalue weighted by atomic mass is 10.0. The second kappa shape index (κ2) is 6.70. The quantitative estimate of drug-likeness (QED) is 0.690. The summed E-state index contributed by atoms with van der Waals surface area (Å²) in [6, 6.07) is 15.0. The first-order valence-corrected chi connectivity index (χ1v) is 10.2. The third-order valence-corrected chi connectivity index (χ3v) is 6.67. The second-order valence-electron chi connectivity index (χ2n) is 6.56. The molecule has 0 N–H and O–H groups in total. The third kappa shape index (κ3) is 3.06. The van der Waals surface area contributed by atoms with E-state index in [4.69, 9.17) is 4.74 Å². The molecule has 0 unspecified atom stereocenters. The molecule has 138 valence electrons. The zero-order valence-corrected chi connectivity index (χ0v) is 16.0. The van der Waals surface area contributed by atoms with E-state index in [1.807, 2.05) is 37.3 Å². The number of anilines is 1. The molecule has 0 bridgehead atoms. The van der Waals surface area contributed by atoms with Crippen LogP contribution in [0.15, 0.2) is 65.8 Å². The zero-order chi connectivity index (χ0) is 19.0. The maximum atomic E-state index is 13.3. The molecule has 0 saturated carbocycles. The van der Waals surface area contributed by atoms with Crippen molar-refractivity contribution in [1.82, 2.24) is 4.98 Å². The first kappa shape index (κ1) is 17.5. The Bertz CT molecular complexity index is 1100. The van der Waals surface area contributed by atoms with Crippen LogP contribution >= 0.6 is 0 Å². The third-order valence-electron chi connectivity index (χ3n) is 4.83. The molecular formula is C21H20N2O3S. The van der Waals surface area contributed by atoms with Gasteiger partial charge in [0.25, 0.3) is 10.0 Å². The molecule has 2 aromatic carbocycles. The molecule has 0 aliphatic carbocycles. The summed E-state index contributed by atoms with van der Waals surface area (Å²) in [5, 5.41) is 0. The number of pyridine rings is 1. The Kier molecular flexibility index (Phi) is 4.36. The van der Waals surface area contributed by atoms with Gasteiger partial charge in [-0.3, -0.25) is 9.29 Å². The van der Waals surface area contributed by atoms with Gasteiger partial charge in [0.15, 0.2) is 0 Å². The lowest BCUT2D eigenvalue weighted by molar-refractivity contribution is 0.402. The van der Waals surface area contributed by atoms with E-state index in [0.717, 1.165) is 27.9 Å². The summed E-state index contributed by atoms with van der Waals surface area (Å²) in [4.78, 5) is 4.25. The molecule has 5 nitrogen and oxygen atoms in total. The number of benzene rings is 2. The minimum absolute atomic E-state index is 0.205. The molecule has 2 heterocycles. The van der Waals surface area contributed by atoms with Crippen LogP contribution in [0.2, 0.25) is 0 Å². The van der Waals surface area contributed by atoms with Crippen molar-refractivity contribution in [3.63, 3.8) is 0 Å². The number of methoxy groups -OCH3 is 1. The van der Waals surface area contributed by atoms with Crippen LogP contribution in [0.3, 0.4) is 0 Å². The number of aromatic nitrogens is 1. The molecule has 0 radical (unpaired) electrons. The lowest BCUT2D eigenvalue weighted by Gasteiger charge is -2.21. The van der Waals surface area contributed by atoms with Crippen molar-refractivity contribution in [2.24, 2.45) is 0 Å². The van der Waals surface area contributed by atoms with Crippen molar-refractivity contribution in [3.05, 3.63) is 72.1 Å². The van der Waals surface area contributed by atoms with E-state index >= 15 is 0 Å². The minimum Gasteiger partial charge on any atom is -0.495 e. The molecule has 0 spiro atoms. The van der Waals surface area contributed by atoms with Crippen molar-refractivity contribution in [2.75, 3.05) is 18.0 Å². The maximum absolute atomic E-state index is 13.3. The fraction of sp³-hybridized carbons (Fsp3) is 0.190. The molecule has 0 amide bonds. The monoisotopic (exact) mass is 380 g/mol. The first-order chi connectivity index (χ1) is 13.0. The molecule has 1 aliphatic heterocycles. The highest BCUT2D eigenvalue weighted by molar-refractivity contribution is 7.93. The lowest BCUT2D eigenvalue weighted by Crippen LogP contribution is -2.29. The number of fused-ring (bicyclic) bond motifs is 1. The largest absolute Gasteiger partial charge is 0.495 e. The Morgan fingerprint density at radius 1 is 1.00 bits per heavy atom. The smallest absolute Gasteiger partial charge is 0.268 e. The van der Waals surface area contributed by atoms with Gasteiger partial charge in [-0.2, -0.15) is 0 Å². The van der Waals surface area contributed by atoms with Crippen LogP contribution < -0.4 is 9.04 Å². The summed E-state index contributed by atoms with van der Waals surface area (Å²) in [6.45, 7) is 2.30. The summed E-state index contributed by atoms with van der Waals surface area (Å²) in [7, 11) is -2.21. The Labute approximate surface area is 159 Å². The van der Waals surface area contributed by atoms with Crippen LogP contribution in [0, 0.1) is 6.92 Å². The van der Waals surface area contributed by atoms with E-state index < -0.39 is 10.0 Å². The van der Waals surface area contributed by atoms with Crippen LogP contribution in [0.4, 0.5) is 5.69 Å². The average Bonchev–Trinajstić information content (AvgIpc) is 3.12. The molecule has 3 aromatic rings. The van der Waals surface area contributed by atoms with Gasteiger partial charge in [-0.15, -0.1) is 0 Å². The second-order valence-corrected chi connectivity index (χ2v) is 8.39. The van der Waals surface area contributed by atoms with E-state index in [0.29, 0.717) is 18.7 Å². The van der Waals surface area contributed by atoms with E-state index in [1.165, 1.54) is 11.4 Å². The molecule has 0 saturated heterocycles. The van der Waals surface area contributed by atoms with Gasteiger partial charge in [0.2, 0.25) is 0 Å². The van der Waals surface area contributed by atoms with Crippen molar-refractivity contribution < 1.29 is 13.2 Å². The van der Waals surface area contributed by atoms with Gasteiger partial charge in [-0.05, 0) is 72.0 Å². The van der Waals surface area contributed by atoms with Crippen LogP contribution in [0.5, 0.6) is 5.75 Å². The number of aryl methyl sites for hydroxylation is 1. The van der Waals surface area contributed by atoms with Gasteiger partial charge in [-0.1, -0.05) is 12.1 Å². The molecule has 0 fully saturated rings. The summed E-state index contributed by atoms with van der Waals surface area (Å²) in [6.07, 6.45) is 4.19. The van der Waals surface area contributed by atoms with Crippen LogP contribution in [-0.2, 0) is 16.4 Å². The molecule has 1 aliphatic rings. The molecule has 0 atom stereocenters. The van der Waals surface area contributed by atoms with Crippen molar-refractivity contribution in [3.8, 4) is 16.9 Å². The Morgan fingerprint density at radius 3 is 2.52 bits per heavy atom. The van der Waals surface area contributed by atoms with Gasteiger partial charge in [-0.25, -0.2) is 8.42 Å². The van der Waals surface area contributed by atoms with Crippen LogP contribution in [0.1, 0.15) is 11.1 Å². The fourth-order valence-corrected chi connectivity index (χ4v) is 5.20. The Morgan fingerprint density at radius 2 is 1.78 bits per heavy atom. The van der Waals surface area contributed by atoms with Crippen molar-refractivity contribution in [1.29, 1.82) is 0 Å². The van der Waals surface area contributed by atoms with Gasteiger partial charge in [0.1, 0.15) is 10.6 Å². The molecular weight excluding hydrogens is 360 g/mol. The number of rotatable bonds is 4. The normalized spacial score (nSPS) is 13.5. The minimum atomic E-state index is -3.70. The van der Waals surface area contributed by atoms with E-state index in [-0.39, 0.29) is 4.90 Å². The summed E-state index contributed by atoms with van der Waals surface area (Å²) < 4.78 is 33.4. The zero-order valence-electron chi connectivity index (χ0n) is 15.2. The van der Waals surface area contributed by atoms with Crippen LogP contribution in [0.25, 0.3) is 11.1 Å². The number of hydrogen-bond acceptors (Lipinski definition) is 4. The predicted molar refractivity (Wildman–Crippen MR) is 106 cm³/mol. The van der Waals surface area contributed by atoms with E-state index in [1.54, 1.807) is 24.5 Å². The average molecular weight is 380 g/mol. The molecule has 1 aromatic heterocycles. The maximum Gasteiger partial charge on any atom is 0.268 e. The topological polar surface area (TPSA) is 59.5 Å². The number of nitrogens with zero attached hydrogens (tertiary/aromatic N) is 2. The number of ether oxygens (including phenoxy) is 1. The van der Waals surface area contributed by atoms with Crippen molar-refractivity contribution >= 4 is 15.7 Å². The predicted octanol–water partition coefficient (Wildman–Crippen LogP) is 3.82. The SMILES string of the molecule is COc1ccc(C)cc1S(=O)(=O)N1CCc2cc(-c3ccncc3)ccc21. The van der Waals surface area contributed by atoms with Gasteiger partial charge in [0.05, 0.1) is 12.8 Å². The van der Waals surface area contributed by atoms with E-state index in [9.17, 15) is 8.42 Å². The summed E-state index contributed by atoms with van der Waals surface area (Å²) >= 11 is 0. The van der Waals surface area contributed by atoms with Gasteiger partial charge >= 0.3 is 0 Å². The van der Waals surface area contributed by atoms with Crippen LogP contribution in [-0.4, -0.2) is 27.1 Å². The Hall–Kier alpha value is -2.86. The highest BCUT2D eigenvalue weighted by Gasteiger charge is 2.33. The highest BCUT2D eigenvalue weighted by Crippen LogP contribution is 2.37. The fourth-order valence-electron chi connectivity index (χ4n) is 3.45. The Balaban J connectivity index is 1.75. The summed E-state index contributed by atoms with van der Waals surface area (Å²) in [5.41, 5.74) is 4.76. The molecule has 27 heavy (non-hydrogen) atoms. The van der Waals surface area contributed by atoms with E-state index in [2.05, 4.69) is 11.1 Å².